The van der Waals surface area contributed by atoms with Crippen LogP contribution in [-0.2, 0) is 6.61 Å². The van der Waals surface area contributed by atoms with E-state index in [-0.39, 0.29) is 12.5 Å². The van der Waals surface area contributed by atoms with Gasteiger partial charge in [-0.25, -0.2) is 9.67 Å². The van der Waals surface area contributed by atoms with Crippen LogP contribution in [0.2, 0.25) is 0 Å². The Kier molecular flexibility index (Phi) is 3.15. The lowest BCUT2D eigenvalue weighted by molar-refractivity contribution is 0.0957. The molecule has 2 rings (SSSR count). The maximum absolute atomic E-state index is 11.3. The Balaban J connectivity index is 2.27. The van der Waals surface area contributed by atoms with E-state index in [4.69, 9.17) is 5.11 Å². The largest absolute Gasteiger partial charge is 0.392 e. The quantitative estimate of drug-likeness (QED) is 0.787. The Bertz CT molecular complexity index is 519. The molecule has 88 valence electrons. The molecule has 2 heterocycles. The second kappa shape index (κ2) is 4.75. The molecule has 0 fully saturated rings. The third-order valence-corrected chi connectivity index (χ3v) is 2.28. The minimum absolute atomic E-state index is 0.0458. The fourth-order valence-electron chi connectivity index (χ4n) is 1.35. The number of rotatable bonds is 3. The lowest BCUT2D eigenvalue weighted by atomic mass is 10.3. The van der Waals surface area contributed by atoms with Crippen LogP contribution >= 0.6 is 0 Å². The maximum Gasteiger partial charge on any atom is 0.271 e. The number of aromatic nitrogens is 3. The van der Waals surface area contributed by atoms with Crippen molar-refractivity contribution in [3.63, 3.8) is 0 Å². The van der Waals surface area contributed by atoms with Crippen LogP contribution in [0.4, 0.5) is 0 Å². The molecule has 1 amide bonds. The molecule has 2 aromatic heterocycles. The Morgan fingerprint density at radius 1 is 1.47 bits per heavy atom. The van der Waals surface area contributed by atoms with E-state index in [1.54, 1.807) is 37.6 Å². The van der Waals surface area contributed by atoms with Crippen LogP contribution < -0.4 is 5.32 Å². The van der Waals surface area contributed by atoms with Crippen molar-refractivity contribution >= 4 is 5.91 Å². The summed E-state index contributed by atoms with van der Waals surface area (Å²) in [4.78, 5) is 15.4. The first-order valence-corrected chi connectivity index (χ1v) is 5.08. The van der Waals surface area contributed by atoms with E-state index in [2.05, 4.69) is 15.4 Å². The van der Waals surface area contributed by atoms with Gasteiger partial charge in [0.1, 0.15) is 0 Å². The minimum Gasteiger partial charge on any atom is -0.392 e. The van der Waals surface area contributed by atoms with E-state index in [1.807, 2.05) is 0 Å². The molecule has 2 aromatic rings. The molecule has 0 aliphatic heterocycles. The van der Waals surface area contributed by atoms with E-state index in [0.717, 1.165) is 5.56 Å². The number of aliphatic hydroxyl groups excluding tert-OH is 1. The van der Waals surface area contributed by atoms with Gasteiger partial charge in [0.05, 0.1) is 6.61 Å². The molecular weight excluding hydrogens is 220 g/mol. The molecule has 0 atom stereocenters. The summed E-state index contributed by atoms with van der Waals surface area (Å²) in [6, 6.07) is 5.09. The van der Waals surface area contributed by atoms with Gasteiger partial charge in [-0.2, -0.15) is 5.10 Å². The fourth-order valence-corrected chi connectivity index (χ4v) is 1.35. The molecule has 0 bridgehead atoms. The standard InChI is InChI=1S/C11H12N4O2/c1-12-11(17)9-4-5-15(14-9)10-3-2-8(7-16)6-13-10/h2-6,16H,7H2,1H3,(H,12,17). The fraction of sp³-hybridized carbons (Fsp3) is 0.182. The summed E-state index contributed by atoms with van der Waals surface area (Å²) in [6.45, 7) is -0.0458. The predicted octanol–water partition coefficient (Wildman–Crippen LogP) is 0.119. The number of aliphatic hydroxyl groups is 1. The summed E-state index contributed by atoms with van der Waals surface area (Å²) < 4.78 is 1.51. The number of carbonyl (C=O) groups is 1. The van der Waals surface area contributed by atoms with Gasteiger partial charge in [-0.05, 0) is 17.7 Å². The van der Waals surface area contributed by atoms with Crippen LogP contribution in [0.15, 0.2) is 30.6 Å². The van der Waals surface area contributed by atoms with Crippen molar-refractivity contribution in [2.24, 2.45) is 0 Å². The zero-order valence-electron chi connectivity index (χ0n) is 9.29. The van der Waals surface area contributed by atoms with Crippen molar-refractivity contribution in [3.05, 3.63) is 41.9 Å². The highest BCUT2D eigenvalue weighted by atomic mass is 16.3. The highest BCUT2D eigenvalue weighted by molar-refractivity contribution is 5.91. The predicted molar refractivity (Wildman–Crippen MR) is 60.7 cm³/mol. The number of pyridine rings is 1. The molecule has 0 aromatic carbocycles. The van der Waals surface area contributed by atoms with Gasteiger partial charge >= 0.3 is 0 Å². The van der Waals surface area contributed by atoms with Crippen molar-refractivity contribution in [2.45, 2.75) is 6.61 Å². The van der Waals surface area contributed by atoms with Gasteiger partial charge in [-0.3, -0.25) is 4.79 Å². The first-order chi connectivity index (χ1) is 8.24. The lowest BCUT2D eigenvalue weighted by Gasteiger charge is -2.01. The molecule has 0 saturated carbocycles. The molecule has 6 heteroatoms. The third kappa shape index (κ3) is 2.31. The minimum atomic E-state index is -0.240. The number of nitrogens with zero attached hydrogens (tertiary/aromatic N) is 3. The van der Waals surface area contributed by atoms with Crippen molar-refractivity contribution in [1.82, 2.24) is 20.1 Å². The molecule has 0 radical (unpaired) electrons. The molecule has 0 aliphatic carbocycles. The van der Waals surface area contributed by atoms with E-state index in [9.17, 15) is 4.79 Å². The lowest BCUT2D eigenvalue weighted by Crippen LogP contribution is -2.18. The summed E-state index contributed by atoms with van der Waals surface area (Å²) in [5.74, 6) is 0.355. The second-order valence-corrected chi connectivity index (χ2v) is 3.41. The zero-order valence-corrected chi connectivity index (χ0v) is 9.29. The van der Waals surface area contributed by atoms with Crippen LogP contribution in [0.1, 0.15) is 16.1 Å². The number of nitrogens with one attached hydrogen (secondary N) is 1. The average Bonchev–Trinajstić information content (AvgIpc) is 2.87. The number of hydrogen-bond donors (Lipinski definition) is 2. The maximum atomic E-state index is 11.3. The summed E-state index contributed by atoms with van der Waals surface area (Å²) in [7, 11) is 1.55. The van der Waals surface area contributed by atoms with Crippen LogP contribution in [0, 0.1) is 0 Å². The number of amides is 1. The van der Waals surface area contributed by atoms with E-state index >= 15 is 0 Å². The Hall–Kier alpha value is -2.21. The molecule has 6 nitrogen and oxygen atoms in total. The van der Waals surface area contributed by atoms with Gasteiger partial charge in [0.2, 0.25) is 0 Å². The van der Waals surface area contributed by atoms with Crippen LogP contribution in [-0.4, -0.2) is 32.8 Å². The Morgan fingerprint density at radius 3 is 2.88 bits per heavy atom. The Morgan fingerprint density at radius 2 is 2.29 bits per heavy atom. The highest BCUT2D eigenvalue weighted by Crippen LogP contribution is 2.06. The van der Waals surface area contributed by atoms with Gasteiger partial charge in [0, 0.05) is 19.4 Å². The topological polar surface area (TPSA) is 80.0 Å². The van der Waals surface area contributed by atoms with E-state index in [1.165, 1.54) is 4.68 Å². The molecule has 0 aliphatic rings. The van der Waals surface area contributed by atoms with Gasteiger partial charge in [0.15, 0.2) is 11.5 Å². The smallest absolute Gasteiger partial charge is 0.271 e. The van der Waals surface area contributed by atoms with E-state index < -0.39 is 0 Å². The van der Waals surface area contributed by atoms with Crippen molar-refractivity contribution in [3.8, 4) is 5.82 Å². The molecule has 2 N–H and O–H groups in total. The summed E-state index contributed by atoms with van der Waals surface area (Å²) in [5.41, 5.74) is 1.06. The first kappa shape index (κ1) is 11.3. The number of hydrogen-bond acceptors (Lipinski definition) is 4. The van der Waals surface area contributed by atoms with Crippen molar-refractivity contribution in [1.29, 1.82) is 0 Å². The van der Waals surface area contributed by atoms with Crippen LogP contribution in [0.3, 0.4) is 0 Å². The van der Waals surface area contributed by atoms with Gasteiger partial charge < -0.3 is 10.4 Å². The summed E-state index contributed by atoms with van der Waals surface area (Å²) in [6.07, 6.45) is 3.22. The molecule has 0 unspecified atom stereocenters. The second-order valence-electron chi connectivity index (χ2n) is 3.41. The summed E-state index contributed by atoms with van der Waals surface area (Å²) in [5, 5.41) is 15.5. The number of carbonyl (C=O) groups excluding carboxylic acids is 1. The molecule has 0 saturated heterocycles. The van der Waals surface area contributed by atoms with Crippen molar-refractivity contribution < 1.29 is 9.90 Å². The third-order valence-electron chi connectivity index (χ3n) is 2.28. The average molecular weight is 232 g/mol. The van der Waals surface area contributed by atoms with Crippen LogP contribution in [0.5, 0.6) is 0 Å². The highest BCUT2D eigenvalue weighted by Gasteiger charge is 2.08. The molecule has 0 spiro atoms. The van der Waals surface area contributed by atoms with Crippen molar-refractivity contribution in [2.75, 3.05) is 7.05 Å². The molecule has 17 heavy (non-hydrogen) atoms. The Labute approximate surface area is 97.9 Å². The normalized spacial score (nSPS) is 10.2. The first-order valence-electron chi connectivity index (χ1n) is 5.08. The molecular formula is C11H12N4O2. The van der Waals surface area contributed by atoms with E-state index in [0.29, 0.717) is 11.5 Å². The van der Waals surface area contributed by atoms with Gasteiger partial charge in [-0.1, -0.05) is 6.07 Å². The van der Waals surface area contributed by atoms with Gasteiger partial charge in [-0.15, -0.1) is 0 Å². The van der Waals surface area contributed by atoms with Crippen LogP contribution in [0.25, 0.3) is 5.82 Å². The zero-order chi connectivity index (χ0) is 12.3. The summed E-state index contributed by atoms with van der Waals surface area (Å²) >= 11 is 0. The van der Waals surface area contributed by atoms with Gasteiger partial charge in [0.25, 0.3) is 5.91 Å². The SMILES string of the molecule is CNC(=O)c1ccn(-c2ccc(CO)cn2)n1. The monoisotopic (exact) mass is 232 g/mol.